The van der Waals surface area contributed by atoms with Gasteiger partial charge in [0.2, 0.25) is 11.7 Å². The molecule has 112 valence electrons. The molecule has 1 fully saturated rings. The van der Waals surface area contributed by atoms with Crippen molar-refractivity contribution >= 4 is 5.69 Å². The summed E-state index contributed by atoms with van der Waals surface area (Å²) in [6.45, 7) is 2.67. The smallest absolute Gasteiger partial charge is 0.231 e. The highest BCUT2D eigenvalue weighted by atomic mass is 16.5. The lowest BCUT2D eigenvalue weighted by Crippen LogP contribution is -2.27. The summed E-state index contributed by atoms with van der Waals surface area (Å²) in [6.07, 6.45) is 4.84. The monoisotopic (exact) mass is 287 g/mol. The van der Waals surface area contributed by atoms with Crippen LogP contribution in [-0.2, 0) is 16.8 Å². The maximum Gasteiger partial charge on any atom is 0.231 e. The predicted molar refractivity (Wildman–Crippen MR) is 79.7 cm³/mol. The molecule has 0 atom stereocenters. The van der Waals surface area contributed by atoms with Crippen LogP contribution in [0.4, 0.5) is 5.69 Å². The molecule has 5 heteroatoms. The summed E-state index contributed by atoms with van der Waals surface area (Å²) in [5, 5.41) is 4.17. The molecule has 2 aromatic rings. The molecule has 3 rings (SSSR count). The quantitative estimate of drug-likeness (QED) is 0.855. The number of nitrogen functional groups attached to an aromatic ring is 1. The Bertz CT molecular complexity index is 603. The second-order valence-electron chi connectivity index (χ2n) is 5.57. The molecule has 0 unspecified atom stereocenters. The van der Waals surface area contributed by atoms with Crippen molar-refractivity contribution in [3.63, 3.8) is 0 Å². The van der Waals surface area contributed by atoms with Gasteiger partial charge in [-0.15, -0.1) is 0 Å². The first kappa shape index (κ1) is 14.1. The zero-order chi connectivity index (χ0) is 14.7. The number of rotatable bonds is 5. The van der Waals surface area contributed by atoms with Gasteiger partial charge in [0.15, 0.2) is 0 Å². The van der Waals surface area contributed by atoms with Crippen LogP contribution in [0.5, 0.6) is 0 Å². The average molecular weight is 287 g/mol. The van der Waals surface area contributed by atoms with Gasteiger partial charge in [-0.1, -0.05) is 17.3 Å². The zero-order valence-corrected chi connectivity index (χ0v) is 12.3. The summed E-state index contributed by atoms with van der Waals surface area (Å²) in [5.74, 6) is 1.31. The topological polar surface area (TPSA) is 74.2 Å². The van der Waals surface area contributed by atoms with Crippen LogP contribution in [0.25, 0.3) is 0 Å². The Hall–Kier alpha value is -1.88. The van der Waals surface area contributed by atoms with Crippen molar-refractivity contribution < 1.29 is 9.26 Å². The van der Waals surface area contributed by atoms with Gasteiger partial charge in [0.25, 0.3) is 0 Å². The third kappa shape index (κ3) is 2.93. The van der Waals surface area contributed by atoms with E-state index in [-0.39, 0.29) is 5.60 Å². The van der Waals surface area contributed by atoms with E-state index in [2.05, 4.69) is 10.1 Å². The zero-order valence-electron chi connectivity index (χ0n) is 12.3. The SMILES string of the molecule is CCOC1(c2noc(Cc3cccc(N)c3)n2)CCCC1. The van der Waals surface area contributed by atoms with Gasteiger partial charge in [-0.3, -0.25) is 0 Å². The molecule has 1 aliphatic carbocycles. The Morgan fingerprint density at radius 1 is 1.33 bits per heavy atom. The fourth-order valence-corrected chi connectivity index (χ4v) is 3.04. The third-order valence-electron chi connectivity index (χ3n) is 4.01. The van der Waals surface area contributed by atoms with Crippen molar-refractivity contribution in [1.82, 2.24) is 10.1 Å². The lowest BCUT2D eigenvalue weighted by Gasteiger charge is -2.24. The van der Waals surface area contributed by atoms with E-state index < -0.39 is 0 Å². The number of nitrogens with two attached hydrogens (primary N) is 1. The van der Waals surface area contributed by atoms with Crippen molar-refractivity contribution in [2.45, 2.75) is 44.6 Å². The van der Waals surface area contributed by atoms with Crippen LogP contribution in [0.2, 0.25) is 0 Å². The van der Waals surface area contributed by atoms with E-state index in [1.165, 1.54) is 0 Å². The second kappa shape index (κ2) is 5.85. The highest BCUT2D eigenvalue weighted by molar-refractivity contribution is 5.41. The molecule has 1 aromatic heterocycles. The molecule has 2 N–H and O–H groups in total. The number of benzene rings is 1. The molecule has 0 spiro atoms. The van der Waals surface area contributed by atoms with Gasteiger partial charge in [0.1, 0.15) is 5.60 Å². The van der Waals surface area contributed by atoms with E-state index in [9.17, 15) is 0 Å². The molecular formula is C16H21N3O2. The van der Waals surface area contributed by atoms with E-state index in [0.29, 0.717) is 24.7 Å². The van der Waals surface area contributed by atoms with Crippen LogP contribution < -0.4 is 5.73 Å². The van der Waals surface area contributed by atoms with Crippen LogP contribution in [0, 0.1) is 0 Å². The standard InChI is InChI=1S/C16H21N3O2/c1-2-20-16(8-3-4-9-16)15-18-14(21-19-15)11-12-6-5-7-13(17)10-12/h5-7,10H,2-4,8-9,11,17H2,1H3. The predicted octanol–water partition coefficient (Wildman–Crippen LogP) is 3.05. The highest BCUT2D eigenvalue weighted by Gasteiger charge is 2.40. The Morgan fingerprint density at radius 3 is 2.86 bits per heavy atom. The summed E-state index contributed by atoms with van der Waals surface area (Å²) in [5.41, 5.74) is 7.27. The minimum atomic E-state index is -0.341. The number of hydrogen-bond acceptors (Lipinski definition) is 5. The van der Waals surface area contributed by atoms with Gasteiger partial charge in [0.05, 0.1) is 6.42 Å². The molecule has 5 nitrogen and oxygen atoms in total. The average Bonchev–Trinajstić information content (AvgIpc) is 3.09. The summed E-state index contributed by atoms with van der Waals surface area (Å²) < 4.78 is 11.4. The Labute approximate surface area is 124 Å². The lowest BCUT2D eigenvalue weighted by molar-refractivity contribution is -0.0469. The van der Waals surface area contributed by atoms with Crippen LogP contribution in [0.15, 0.2) is 28.8 Å². The molecule has 1 saturated carbocycles. The molecular weight excluding hydrogens is 266 g/mol. The first-order chi connectivity index (χ1) is 10.2. The van der Waals surface area contributed by atoms with E-state index in [0.717, 1.165) is 36.9 Å². The van der Waals surface area contributed by atoms with E-state index in [1.54, 1.807) is 0 Å². The maximum atomic E-state index is 5.95. The fourth-order valence-electron chi connectivity index (χ4n) is 3.04. The molecule has 0 saturated heterocycles. The number of ether oxygens (including phenoxy) is 1. The second-order valence-corrected chi connectivity index (χ2v) is 5.57. The van der Waals surface area contributed by atoms with Crippen LogP contribution in [0.3, 0.4) is 0 Å². The maximum absolute atomic E-state index is 5.95. The first-order valence-corrected chi connectivity index (χ1v) is 7.53. The summed E-state index contributed by atoms with van der Waals surface area (Å²) in [6, 6.07) is 7.73. The molecule has 1 aliphatic rings. The Kier molecular flexibility index (Phi) is 3.92. The molecule has 21 heavy (non-hydrogen) atoms. The number of aromatic nitrogens is 2. The van der Waals surface area contributed by atoms with Crippen LogP contribution in [0.1, 0.15) is 49.9 Å². The minimum absolute atomic E-state index is 0.341. The van der Waals surface area contributed by atoms with Crippen LogP contribution in [-0.4, -0.2) is 16.7 Å². The van der Waals surface area contributed by atoms with Gasteiger partial charge in [-0.25, -0.2) is 0 Å². The summed E-state index contributed by atoms with van der Waals surface area (Å²) >= 11 is 0. The van der Waals surface area contributed by atoms with E-state index >= 15 is 0 Å². The van der Waals surface area contributed by atoms with Crippen LogP contribution >= 0.6 is 0 Å². The van der Waals surface area contributed by atoms with Crippen molar-refractivity contribution in [2.75, 3.05) is 12.3 Å². The van der Waals surface area contributed by atoms with Crippen molar-refractivity contribution in [3.05, 3.63) is 41.5 Å². The molecule has 0 amide bonds. The summed E-state index contributed by atoms with van der Waals surface area (Å²) in [4.78, 5) is 4.56. The normalized spacial score (nSPS) is 17.2. The van der Waals surface area contributed by atoms with Gasteiger partial charge in [0, 0.05) is 12.3 Å². The molecule has 0 aliphatic heterocycles. The third-order valence-corrected chi connectivity index (χ3v) is 4.01. The van der Waals surface area contributed by atoms with Gasteiger partial charge in [-0.2, -0.15) is 4.98 Å². The van der Waals surface area contributed by atoms with Gasteiger partial charge < -0.3 is 15.0 Å². The van der Waals surface area contributed by atoms with Crippen molar-refractivity contribution in [2.24, 2.45) is 0 Å². The first-order valence-electron chi connectivity index (χ1n) is 7.53. The molecule has 0 bridgehead atoms. The van der Waals surface area contributed by atoms with E-state index in [4.69, 9.17) is 15.0 Å². The van der Waals surface area contributed by atoms with Gasteiger partial charge in [-0.05, 0) is 50.3 Å². The highest BCUT2D eigenvalue weighted by Crippen LogP contribution is 2.40. The van der Waals surface area contributed by atoms with E-state index in [1.807, 2.05) is 31.2 Å². The van der Waals surface area contributed by atoms with Crippen molar-refractivity contribution in [3.8, 4) is 0 Å². The Balaban J connectivity index is 1.79. The van der Waals surface area contributed by atoms with Gasteiger partial charge >= 0.3 is 0 Å². The molecule has 1 aromatic carbocycles. The largest absolute Gasteiger partial charge is 0.399 e. The minimum Gasteiger partial charge on any atom is -0.399 e. The Morgan fingerprint density at radius 2 is 2.14 bits per heavy atom. The molecule has 1 heterocycles. The molecule has 0 radical (unpaired) electrons. The van der Waals surface area contributed by atoms with Crippen molar-refractivity contribution in [1.29, 1.82) is 0 Å². The number of nitrogens with zero attached hydrogens (tertiary/aromatic N) is 2. The summed E-state index contributed by atoms with van der Waals surface area (Å²) in [7, 11) is 0. The fraction of sp³-hybridized carbons (Fsp3) is 0.500. The number of anilines is 1. The number of hydrogen-bond donors (Lipinski definition) is 1. The lowest BCUT2D eigenvalue weighted by atomic mass is 10.0.